The van der Waals surface area contributed by atoms with Crippen LogP contribution in [0.1, 0.15) is 16.0 Å². The predicted octanol–water partition coefficient (Wildman–Crippen LogP) is 3.67. The molecule has 1 aliphatic rings. The number of carbonyl (C=O) groups is 1. The molecule has 2 aromatic rings. The van der Waals surface area contributed by atoms with Gasteiger partial charge >= 0.3 is 5.97 Å². The number of rotatable bonds is 3. The van der Waals surface area contributed by atoms with Crippen LogP contribution in [-0.4, -0.2) is 24.0 Å². The van der Waals surface area contributed by atoms with Crippen molar-refractivity contribution in [3.05, 3.63) is 50.7 Å². The lowest BCUT2D eigenvalue weighted by Crippen LogP contribution is -2.35. The van der Waals surface area contributed by atoms with Gasteiger partial charge in [-0.2, -0.15) is 0 Å². The van der Waals surface area contributed by atoms with E-state index in [0.29, 0.717) is 17.3 Å². The molecule has 0 saturated carbocycles. The fourth-order valence-electron chi connectivity index (χ4n) is 2.47. The zero-order valence-corrected chi connectivity index (χ0v) is 13.3. The van der Waals surface area contributed by atoms with Crippen molar-refractivity contribution < 1.29 is 9.53 Å². The van der Waals surface area contributed by atoms with Crippen LogP contribution in [-0.2, 0) is 17.8 Å². The molecule has 21 heavy (non-hydrogen) atoms. The highest BCUT2D eigenvalue weighted by Gasteiger charge is 2.20. The molecule has 0 fully saturated rings. The maximum atomic E-state index is 12.0. The molecule has 0 spiro atoms. The average molecular weight is 322 g/mol. The van der Waals surface area contributed by atoms with Gasteiger partial charge in [0.15, 0.2) is 0 Å². The van der Waals surface area contributed by atoms with E-state index in [4.69, 9.17) is 16.3 Å². The summed E-state index contributed by atoms with van der Waals surface area (Å²) in [7, 11) is 0. The van der Waals surface area contributed by atoms with Crippen molar-refractivity contribution in [1.82, 2.24) is 4.90 Å². The monoisotopic (exact) mass is 321 g/mol. The highest BCUT2D eigenvalue weighted by Crippen LogP contribution is 2.26. The van der Waals surface area contributed by atoms with Crippen LogP contribution in [0.15, 0.2) is 29.6 Å². The van der Waals surface area contributed by atoms with E-state index in [1.807, 2.05) is 13.0 Å². The van der Waals surface area contributed by atoms with Crippen molar-refractivity contribution in [2.24, 2.45) is 0 Å². The number of esters is 1. The molecule has 1 aromatic carbocycles. The number of halogens is 1. The van der Waals surface area contributed by atoms with E-state index in [9.17, 15) is 4.79 Å². The molecule has 0 amide bonds. The van der Waals surface area contributed by atoms with Crippen LogP contribution in [0.25, 0.3) is 0 Å². The number of hydrogen-bond acceptors (Lipinski definition) is 4. The van der Waals surface area contributed by atoms with Crippen molar-refractivity contribution >= 4 is 28.9 Å². The van der Waals surface area contributed by atoms with Gasteiger partial charge in [-0.1, -0.05) is 17.7 Å². The molecular formula is C16H16ClNO2S. The number of carbonyl (C=O) groups excluding carboxylic acids is 1. The van der Waals surface area contributed by atoms with Crippen molar-refractivity contribution in [1.29, 1.82) is 0 Å². The van der Waals surface area contributed by atoms with Crippen molar-refractivity contribution in [3.8, 4) is 5.75 Å². The van der Waals surface area contributed by atoms with E-state index in [1.165, 1.54) is 10.4 Å². The Morgan fingerprint density at radius 1 is 1.43 bits per heavy atom. The van der Waals surface area contributed by atoms with E-state index in [-0.39, 0.29) is 5.97 Å². The summed E-state index contributed by atoms with van der Waals surface area (Å²) in [5.41, 5.74) is 2.37. The van der Waals surface area contributed by atoms with Gasteiger partial charge in [0.05, 0.1) is 11.6 Å². The lowest BCUT2D eigenvalue weighted by atomic mass is 10.1. The first-order valence-corrected chi connectivity index (χ1v) is 8.12. The fourth-order valence-corrected chi connectivity index (χ4v) is 3.63. The second kappa shape index (κ2) is 6.18. The lowest BCUT2D eigenvalue weighted by molar-refractivity contribution is -0.135. The first-order valence-electron chi connectivity index (χ1n) is 6.86. The molecule has 0 saturated heterocycles. The molecule has 1 aliphatic heterocycles. The van der Waals surface area contributed by atoms with Gasteiger partial charge in [0.2, 0.25) is 0 Å². The largest absolute Gasteiger partial charge is 0.424 e. The Hall–Kier alpha value is -1.36. The Kier molecular flexibility index (Phi) is 4.29. The molecule has 110 valence electrons. The van der Waals surface area contributed by atoms with E-state index in [1.54, 1.807) is 23.5 Å². The van der Waals surface area contributed by atoms with Crippen LogP contribution in [0.2, 0.25) is 5.02 Å². The first-order chi connectivity index (χ1) is 10.1. The van der Waals surface area contributed by atoms with E-state index in [0.717, 1.165) is 25.1 Å². The van der Waals surface area contributed by atoms with Gasteiger partial charge in [-0.3, -0.25) is 9.69 Å². The Labute approximate surface area is 133 Å². The molecule has 0 N–H and O–H groups in total. The topological polar surface area (TPSA) is 29.5 Å². The molecular weight excluding hydrogens is 306 g/mol. The number of ether oxygens (including phenoxy) is 1. The molecule has 0 aliphatic carbocycles. The third-order valence-corrected chi connectivity index (χ3v) is 4.87. The number of nitrogens with zero attached hydrogens (tertiary/aromatic N) is 1. The van der Waals surface area contributed by atoms with Gasteiger partial charge in [-0.05, 0) is 48.1 Å². The normalized spacial score (nSPS) is 14.8. The minimum Gasteiger partial charge on any atom is -0.424 e. The van der Waals surface area contributed by atoms with E-state index in [2.05, 4.69) is 16.3 Å². The maximum Gasteiger partial charge on any atom is 0.325 e. The fraction of sp³-hybridized carbons (Fsp3) is 0.312. The van der Waals surface area contributed by atoms with Crippen LogP contribution in [0.5, 0.6) is 5.75 Å². The SMILES string of the molecule is Cc1ccc(OC(=O)CN2CCc3sccc3C2)c(Cl)c1. The molecule has 3 nitrogen and oxygen atoms in total. The van der Waals surface area contributed by atoms with Crippen LogP contribution in [0.3, 0.4) is 0 Å². The van der Waals surface area contributed by atoms with E-state index >= 15 is 0 Å². The van der Waals surface area contributed by atoms with Crippen molar-refractivity contribution in [2.45, 2.75) is 19.9 Å². The summed E-state index contributed by atoms with van der Waals surface area (Å²) >= 11 is 7.87. The summed E-state index contributed by atoms with van der Waals surface area (Å²) in [6.07, 6.45) is 1.01. The molecule has 1 aromatic heterocycles. The minimum absolute atomic E-state index is 0.264. The van der Waals surface area contributed by atoms with Crippen LogP contribution < -0.4 is 4.74 Å². The van der Waals surface area contributed by atoms with Crippen molar-refractivity contribution in [3.63, 3.8) is 0 Å². The molecule has 0 bridgehead atoms. The molecule has 0 unspecified atom stereocenters. The van der Waals surface area contributed by atoms with Crippen LogP contribution in [0, 0.1) is 6.92 Å². The summed E-state index contributed by atoms with van der Waals surface area (Å²) in [5.74, 6) is 0.167. The second-order valence-electron chi connectivity index (χ2n) is 5.24. The van der Waals surface area contributed by atoms with E-state index < -0.39 is 0 Å². The van der Waals surface area contributed by atoms with Crippen molar-refractivity contribution in [2.75, 3.05) is 13.1 Å². The predicted molar refractivity (Wildman–Crippen MR) is 85.1 cm³/mol. The summed E-state index contributed by atoms with van der Waals surface area (Å²) in [4.78, 5) is 15.6. The molecule has 0 radical (unpaired) electrons. The minimum atomic E-state index is -0.264. The molecule has 0 atom stereocenters. The summed E-state index contributed by atoms with van der Waals surface area (Å²) in [5, 5.41) is 2.58. The third kappa shape index (κ3) is 3.46. The van der Waals surface area contributed by atoms with Crippen LogP contribution >= 0.6 is 22.9 Å². The smallest absolute Gasteiger partial charge is 0.325 e. The summed E-state index contributed by atoms with van der Waals surface area (Å²) in [6.45, 7) is 3.95. The van der Waals surface area contributed by atoms with Gasteiger partial charge in [-0.15, -0.1) is 11.3 Å². The first kappa shape index (κ1) is 14.6. The van der Waals surface area contributed by atoms with Crippen LogP contribution in [0.4, 0.5) is 0 Å². The molecule has 5 heteroatoms. The van der Waals surface area contributed by atoms with Gasteiger partial charge in [-0.25, -0.2) is 0 Å². The Morgan fingerprint density at radius 3 is 3.10 bits per heavy atom. The molecule has 2 heterocycles. The quantitative estimate of drug-likeness (QED) is 0.638. The highest BCUT2D eigenvalue weighted by atomic mass is 35.5. The number of benzene rings is 1. The lowest BCUT2D eigenvalue weighted by Gasteiger charge is -2.25. The Morgan fingerprint density at radius 2 is 2.29 bits per heavy atom. The summed E-state index contributed by atoms with van der Waals surface area (Å²) < 4.78 is 5.36. The van der Waals surface area contributed by atoms with Gasteiger partial charge < -0.3 is 4.74 Å². The standard InChI is InChI=1S/C16H16ClNO2S/c1-11-2-3-14(13(17)8-11)20-16(19)10-18-6-4-15-12(9-18)5-7-21-15/h2-3,5,7-8H,4,6,9-10H2,1H3. The number of aryl methyl sites for hydroxylation is 1. The Balaban J connectivity index is 1.60. The zero-order chi connectivity index (χ0) is 14.8. The van der Waals surface area contributed by atoms with Gasteiger partial charge in [0, 0.05) is 18.0 Å². The maximum absolute atomic E-state index is 12.0. The highest BCUT2D eigenvalue weighted by molar-refractivity contribution is 7.10. The number of hydrogen-bond donors (Lipinski definition) is 0. The third-order valence-electron chi connectivity index (χ3n) is 3.55. The van der Waals surface area contributed by atoms with Gasteiger partial charge in [0.25, 0.3) is 0 Å². The number of fused-ring (bicyclic) bond motifs is 1. The average Bonchev–Trinajstić information content (AvgIpc) is 2.89. The Bertz CT molecular complexity index is 668. The second-order valence-corrected chi connectivity index (χ2v) is 6.65. The summed E-state index contributed by atoms with van der Waals surface area (Å²) in [6, 6.07) is 7.55. The van der Waals surface area contributed by atoms with Gasteiger partial charge in [0.1, 0.15) is 5.75 Å². The zero-order valence-electron chi connectivity index (χ0n) is 11.8. The molecule has 3 rings (SSSR count). The number of thiophene rings is 1.